The Bertz CT molecular complexity index is 1770. The van der Waals surface area contributed by atoms with Crippen LogP contribution in [0.2, 0.25) is 0 Å². The fourth-order valence-corrected chi connectivity index (χ4v) is 6.40. The first kappa shape index (κ1) is 39.1. The maximum atomic E-state index is 13.9. The van der Waals surface area contributed by atoms with E-state index in [-0.39, 0.29) is 52.3 Å². The molecule has 3 amide bonds. The highest BCUT2D eigenvalue weighted by Crippen LogP contribution is 2.35. The minimum atomic E-state index is -0.498. The van der Waals surface area contributed by atoms with Crippen LogP contribution in [0, 0.1) is 6.92 Å². The first-order chi connectivity index (χ1) is 25.5. The number of rotatable bonds is 15. The number of anilines is 2. The summed E-state index contributed by atoms with van der Waals surface area (Å²) in [5, 5.41) is 2.90. The second kappa shape index (κ2) is 18.6. The Morgan fingerprint density at radius 1 is 0.717 bits per heavy atom. The number of carbonyl (C=O) groups excluding carboxylic acids is 4. The Morgan fingerprint density at radius 3 is 2.04 bits per heavy atom. The number of aryl methyl sites for hydroxylation is 1. The number of para-hydroxylation sites is 1. The summed E-state index contributed by atoms with van der Waals surface area (Å²) < 4.78 is 17.5. The van der Waals surface area contributed by atoms with Gasteiger partial charge in [-0.25, -0.2) is 0 Å². The molecule has 0 atom stereocenters. The number of nitrogens with zero attached hydrogens (tertiary/aromatic N) is 4. The van der Waals surface area contributed by atoms with Crippen molar-refractivity contribution in [3.05, 3.63) is 76.9 Å². The molecule has 0 aliphatic carbocycles. The number of unbranched alkanes of at least 4 members (excludes halogenated alkanes) is 2. The van der Waals surface area contributed by atoms with Gasteiger partial charge in [-0.15, -0.1) is 0 Å². The molecule has 2 heterocycles. The number of hydrogen-bond donors (Lipinski definition) is 2. The monoisotopic (exact) mass is 728 g/mol. The maximum Gasteiger partial charge on any atom is 0.260 e. The molecule has 2 fully saturated rings. The molecule has 0 aromatic heterocycles. The zero-order valence-electron chi connectivity index (χ0n) is 31.3. The standard InChI is InChI=1S/C40H52N6O7/c1-28-13-16-32(34(26-28)52-25-9-5-6-12-35(47)45-21-17-43(2)18-22-45)42-40(50)30-14-15-31(39(51-4)37(30)41)38(49)29-10-7-8-11-33(29)53-27-36(48)46-23-19-44(3)20-24-46/h7-8,10-11,13-16,26H,5-6,9,12,17-25,27,41H2,1-4H3,(H,42,50). The number of nitrogens with one attached hydrogen (secondary N) is 1. The van der Waals surface area contributed by atoms with Crippen molar-refractivity contribution in [1.82, 2.24) is 19.6 Å². The summed E-state index contributed by atoms with van der Waals surface area (Å²) in [4.78, 5) is 60.9. The minimum absolute atomic E-state index is 0.000180. The van der Waals surface area contributed by atoms with Gasteiger partial charge in [-0.2, -0.15) is 0 Å². The average molecular weight is 729 g/mol. The molecule has 2 aliphatic rings. The van der Waals surface area contributed by atoms with Gasteiger partial charge < -0.3 is 44.9 Å². The van der Waals surface area contributed by atoms with Crippen LogP contribution in [0.15, 0.2) is 54.6 Å². The number of methoxy groups -OCH3 is 1. The summed E-state index contributed by atoms with van der Waals surface area (Å²) >= 11 is 0. The van der Waals surface area contributed by atoms with Crippen LogP contribution in [-0.4, -0.2) is 130 Å². The lowest BCUT2D eigenvalue weighted by Gasteiger charge is -2.32. The number of ketones is 1. The third-order valence-corrected chi connectivity index (χ3v) is 9.76. The quantitative estimate of drug-likeness (QED) is 0.134. The van der Waals surface area contributed by atoms with Crippen molar-refractivity contribution in [3.8, 4) is 17.2 Å². The third-order valence-electron chi connectivity index (χ3n) is 9.76. The van der Waals surface area contributed by atoms with Crippen molar-refractivity contribution in [2.45, 2.75) is 32.6 Å². The molecule has 0 unspecified atom stereocenters. The zero-order valence-corrected chi connectivity index (χ0v) is 31.3. The van der Waals surface area contributed by atoms with E-state index in [9.17, 15) is 19.2 Å². The Balaban J connectivity index is 1.19. The number of amides is 3. The molecule has 0 saturated carbocycles. The Morgan fingerprint density at radius 2 is 1.36 bits per heavy atom. The second-order valence-electron chi connectivity index (χ2n) is 13.7. The molecule has 0 spiro atoms. The molecule has 3 aromatic rings. The van der Waals surface area contributed by atoms with Crippen molar-refractivity contribution in [3.63, 3.8) is 0 Å². The number of carbonyl (C=O) groups is 4. The topological polar surface area (TPSA) is 147 Å². The maximum absolute atomic E-state index is 13.9. The van der Waals surface area contributed by atoms with Crippen LogP contribution < -0.4 is 25.3 Å². The van der Waals surface area contributed by atoms with E-state index in [0.29, 0.717) is 37.6 Å². The largest absolute Gasteiger partial charge is 0.494 e. The van der Waals surface area contributed by atoms with Crippen LogP contribution in [0.25, 0.3) is 0 Å². The van der Waals surface area contributed by atoms with Gasteiger partial charge in [0, 0.05) is 58.8 Å². The zero-order chi connectivity index (χ0) is 37.9. The Hall–Kier alpha value is -5.14. The molecular formula is C40H52N6O7. The van der Waals surface area contributed by atoms with Gasteiger partial charge in [-0.1, -0.05) is 18.2 Å². The summed E-state index contributed by atoms with van der Waals surface area (Å²) in [6.07, 6.45) is 2.93. The number of ether oxygens (including phenoxy) is 3. The number of piperazine rings is 2. The van der Waals surface area contributed by atoms with Gasteiger partial charge in [-0.3, -0.25) is 19.2 Å². The smallest absolute Gasteiger partial charge is 0.260 e. The number of benzene rings is 3. The van der Waals surface area contributed by atoms with Crippen molar-refractivity contribution >= 4 is 34.9 Å². The van der Waals surface area contributed by atoms with Crippen LogP contribution in [0.5, 0.6) is 17.2 Å². The number of likely N-dealkylation sites (N-methyl/N-ethyl adjacent to an activating group) is 2. The molecular weight excluding hydrogens is 676 g/mol. The van der Waals surface area contributed by atoms with Crippen molar-refractivity contribution in [2.75, 3.05) is 97.8 Å². The summed E-state index contributed by atoms with van der Waals surface area (Å²) in [6, 6.07) is 15.2. The van der Waals surface area contributed by atoms with Gasteiger partial charge >= 0.3 is 0 Å². The highest BCUT2D eigenvalue weighted by atomic mass is 16.5. The number of nitrogens with two attached hydrogens (primary N) is 1. The number of nitrogen functional groups attached to an aromatic ring is 1. The van der Waals surface area contributed by atoms with E-state index in [2.05, 4.69) is 22.2 Å². The van der Waals surface area contributed by atoms with Crippen LogP contribution >= 0.6 is 0 Å². The molecule has 0 radical (unpaired) electrons. The lowest BCUT2D eigenvalue weighted by molar-refractivity contribution is -0.135. The molecule has 5 rings (SSSR count). The van der Waals surface area contributed by atoms with E-state index < -0.39 is 11.7 Å². The number of hydrogen-bond acceptors (Lipinski definition) is 10. The van der Waals surface area contributed by atoms with Crippen molar-refractivity contribution in [2.24, 2.45) is 0 Å². The van der Waals surface area contributed by atoms with Gasteiger partial charge in [0.05, 0.1) is 41.8 Å². The summed E-state index contributed by atoms with van der Waals surface area (Å²) in [6.45, 7) is 8.38. The molecule has 3 aromatic carbocycles. The fourth-order valence-electron chi connectivity index (χ4n) is 6.40. The SMILES string of the molecule is COc1c(C(=O)c2ccccc2OCC(=O)N2CCN(C)CC2)ccc(C(=O)Nc2ccc(C)cc2OCCCCCC(=O)N2CCN(C)CC2)c1N. The molecule has 0 bridgehead atoms. The first-order valence-corrected chi connectivity index (χ1v) is 18.3. The lowest BCUT2D eigenvalue weighted by atomic mass is 9.98. The first-order valence-electron chi connectivity index (χ1n) is 18.3. The Kier molecular flexibility index (Phi) is 13.7. The predicted octanol–water partition coefficient (Wildman–Crippen LogP) is 3.94. The van der Waals surface area contributed by atoms with Crippen LogP contribution in [0.1, 0.15) is 57.5 Å². The highest BCUT2D eigenvalue weighted by Gasteiger charge is 2.26. The highest BCUT2D eigenvalue weighted by molar-refractivity contribution is 6.16. The van der Waals surface area contributed by atoms with E-state index in [1.54, 1.807) is 35.2 Å². The molecule has 53 heavy (non-hydrogen) atoms. The van der Waals surface area contributed by atoms with Gasteiger partial charge in [-0.05, 0) is 82.2 Å². The van der Waals surface area contributed by atoms with E-state index in [0.717, 1.165) is 64.1 Å². The fraction of sp³-hybridized carbons (Fsp3) is 0.450. The Labute approximate surface area is 311 Å². The van der Waals surface area contributed by atoms with E-state index in [4.69, 9.17) is 19.9 Å². The van der Waals surface area contributed by atoms with Gasteiger partial charge in [0.15, 0.2) is 12.4 Å². The van der Waals surface area contributed by atoms with Gasteiger partial charge in [0.1, 0.15) is 11.5 Å². The van der Waals surface area contributed by atoms with E-state index in [1.165, 1.54) is 19.2 Å². The molecule has 13 heteroatoms. The average Bonchev–Trinajstić information content (AvgIpc) is 3.16. The van der Waals surface area contributed by atoms with Crippen LogP contribution in [0.3, 0.4) is 0 Å². The van der Waals surface area contributed by atoms with Crippen molar-refractivity contribution in [1.29, 1.82) is 0 Å². The van der Waals surface area contributed by atoms with Crippen molar-refractivity contribution < 1.29 is 33.4 Å². The van der Waals surface area contributed by atoms with E-state index in [1.807, 2.05) is 31.0 Å². The lowest BCUT2D eigenvalue weighted by Crippen LogP contribution is -2.48. The summed E-state index contributed by atoms with van der Waals surface area (Å²) in [5.74, 6) is -0.0368. The van der Waals surface area contributed by atoms with E-state index >= 15 is 0 Å². The normalized spacial score (nSPS) is 15.2. The molecule has 284 valence electrons. The molecule has 2 saturated heterocycles. The predicted molar refractivity (Wildman–Crippen MR) is 204 cm³/mol. The summed E-state index contributed by atoms with van der Waals surface area (Å²) in [7, 11) is 5.47. The van der Waals surface area contributed by atoms with Crippen LogP contribution in [-0.2, 0) is 9.59 Å². The van der Waals surface area contributed by atoms with Gasteiger partial charge in [0.25, 0.3) is 11.8 Å². The minimum Gasteiger partial charge on any atom is -0.494 e. The molecule has 2 aliphatic heterocycles. The molecule has 13 nitrogen and oxygen atoms in total. The van der Waals surface area contributed by atoms with Gasteiger partial charge in [0.2, 0.25) is 11.7 Å². The second-order valence-corrected chi connectivity index (χ2v) is 13.7. The van der Waals surface area contributed by atoms with Crippen LogP contribution in [0.4, 0.5) is 11.4 Å². The summed E-state index contributed by atoms with van der Waals surface area (Å²) in [5.41, 5.74) is 8.42. The third kappa shape index (κ3) is 10.3. The molecule has 3 N–H and O–H groups in total.